The normalized spacial score (nSPS) is 21.7. The highest BCUT2D eigenvalue weighted by atomic mass is 16.3. The number of fused-ring (bicyclic) bond motifs is 1. The molecule has 26 heavy (non-hydrogen) atoms. The number of benzene rings is 1. The van der Waals surface area contributed by atoms with Gasteiger partial charge in [0.25, 0.3) is 5.91 Å². The smallest absolute Gasteiger partial charge is 0.253 e. The van der Waals surface area contributed by atoms with Gasteiger partial charge in [0.2, 0.25) is 5.91 Å². The van der Waals surface area contributed by atoms with E-state index < -0.39 is 5.60 Å². The second-order valence-corrected chi connectivity index (χ2v) is 8.08. The SMILES string of the molecule is CN1CCN2CCN(C(=O)c3cccc(CCC(C)(C)O)c3)CC2C1=O. The van der Waals surface area contributed by atoms with Gasteiger partial charge in [-0.2, -0.15) is 0 Å². The zero-order valence-corrected chi connectivity index (χ0v) is 15.9. The molecule has 2 saturated heterocycles. The first-order valence-corrected chi connectivity index (χ1v) is 9.34. The van der Waals surface area contributed by atoms with E-state index in [9.17, 15) is 14.7 Å². The minimum absolute atomic E-state index is 0.0178. The Morgan fingerprint density at radius 3 is 2.69 bits per heavy atom. The Balaban J connectivity index is 1.68. The molecule has 3 rings (SSSR count). The van der Waals surface area contributed by atoms with Crippen molar-refractivity contribution in [3.63, 3.8) is 0 Å². The molecule has 2 amide bonds. The van der Waals surface area contributed by atoms with Gasteiger partial charge in [-0.3, -0.25) is 14.5 Å². The molecule has 0 bridgehead atoms. The van der Waals surface area contributed by atoms with Gasteiger partial charge in [0.15, 0.2) is 0 Å². The van der Waals surface area contributed by atoms with E-state index in [0.717, 1.165) is 31.6 Å². The summed E-state index contributed by atoms with van der Waals surface area (Å²) < 4.78 is 0. The van der Waals surface area contributed by atoms with Crippen molar-refractivity contribution in [3.8, 4) is 0 Å². The first kappa shape index (κ1) is 18.9. The number of rotatable bonds is 4. The molecule has 1 aromatic rings. The van der Waals surface area contributed by atoms with E-state index >= 15 is 0 Å². The Kier molecular flexibility index (Phi) is 5.34. The molecule has 1 atom stereocenters. The van der Waals surface area contributed by atoms with Gasteiger partial charge in [-0.25, -0.2) is 0 Å². The molecular weight excluding hydrogens is 330 g/mol. The van der Waals surface area contributed by atoms with Crippen LogP contribution in [0, 0.1) is 0 Å². The number of amides is 2. The first-order chi connectivity index (χ1) is 12.2. The molecule has 2 aliphatic heterocycles. The van der Waals surface area contributed by atoms with E-state index in [4.69, 9.17) is 0 Å². The van der Waals surface area contributed by atoms with Crippen LogP contribution in [0.3, 0.4) is 0 Å². The number of nitrogens with zero attached hydrogens (tertiary/aromatic N) is 3. The summed E-state index contributed by atoms with van der Waals surface area (Å²) in [5.74, 6) is 0.0865. The summed E-state index contributed by atoms with van der Waals surface area (Å²) in [4.78, 5) is 31.1. The number of hydrogen-bond acceptors (Lipinski definition) is 4. The first-order valence-electron chi connectivity index (χ1n) is 9.34. The molecule has 2 fully saturated rings. The Hall–Kier alpha value is -1.92. The molecule has 0 aromatic heterocycles. The van der Waals surface area contributed by atoms with Crippen LogP contribution in [0.1, 0.15) is 36.2 Å². The van der Waals surface area contributed by atoms with E-state index in [1.165, 1.54) is 0 Å². The zero-order chi connectivity index (χ0) is 18.9. The Bertz CT molecular complexity index is 683. The highest BCUT2D eigenvalue weighted by molar-refractivity contribution is 5.95. The number of carbonyl (C=O) groups excluding carboxylic acids is 2. The lowest BCUT2D eigenvalue weighted by atomic mass is 9.97. The van der Waals surface area contributed by atoms with Crippen LogP contribution >= 0.6 is 0 Å². The lowest BCUT2D eigenvalue weighted by Gasteiger charge is -2.45. The van der Waals surface area contributed by atoms with Gasteiger partial charge in [-0.15, -0.1) is 0 Å². The third-order valence-corrected chi connectivity index (χ3v) is 5.36. The molecule has 0 saturated carbocycles. The standard InChI is InChI=1S/C20H29N3O3/c1-20(2,26)8-7-15-5-4-6-16(13-15)18(24)23-12-11-22-10-9-21(3)19(25)17(22)14-23/h4-6,13,17,26H,7-12,14H2,1-3H3. The number of piperazine rings is 2. The Labute approximate surface area is 155 Å². The average molecular weight is 359 g/mol. The molecule has 0 radical (unpaired) electrons. The topological polar surface area (TPSA) is 64.1 Å². The second-order valence-electron chi connectivity index (χ2n) is 8.08. The quantitative estimate of drug-likeness (QED) is 0.871. The Morgan fingerprint density at radius 2 is 1.96 bits per heavy atom. The van der Waals surface area contributed by atoms with Gasteiger partial charge in [0, 0.05) is 45.3 Å². The summed E-state index contributed by atoms with van der Waals surface area (Å²) in [5.41, 5.74) is 0.984. The number of aryl methyl sites for hydroxylation is 1. The monoisotopic (exact) mass is 359 g/mol. The minimum atomic E-state index is -0.719. The van der Waals surface area contributed by atoms with Crippen molar-refractivity contribution < 1.29 is 14.7 Å². The van der Waals surface area contributed by atoms with Gasteiger partial charge in [0.05, 0.1) is 5.60 Å². The summed E-state index contributed by atoms with van der Waals surface area (Å²) in [6.07, 6.45) is 1.37. The van der Waals surface area contributed by atoms with E-state index in [1.807, 2.05) is 31.3 Å². The molecule has 0 spiro atoms. The molecule has 1 aromatic carbocycles. The summed E-state index contributed by atoms with van der Waals surface area (Å²) >= 11 is 0. The van der Waals surface area contributed by atoms with Crippen LogP contribution in [0.4, 0.5) is 0 Å². The van der Waals surface area contributed by atoms with Crippen LogP contribution in [-0.4, -0.2) is 83.0 Å². The van der Waals surface area contributed by atoms with Crippen LogP contribution in [0.15, 0.2) is 24.3 Å². The van der Waals surface area contributed by atoms with Crippen molar-refractivity contribution in [1.82, 2.24) is 14.7 Å². The van der Waals surface area contributed by atoms with Crippen molar-refractivity contribution in [2.24, 2.45) is 0 Å². The number of likely N-dealkylation sites (N-methyl/N-ethyl adjacent to an activating group) is 1. The van der Waals surface area contributed by atoms with Gasteiger partial charge in [-0.1, -0.05) is 12.1 Å². The molecule has 2 heterocycles. The highest BCUT2D eigenvalue weighted by Gasteiger charge is 2.38. The summed E-state index contributed by atoms with van der Waals surface area (Å²) in [5, 5.41) is 9.90. The fourth-order valence-corrected chi connectivity index (χ4v) is 3.64. The molecule has 2 aliphatic rings. The van der Waals surface area contributed by atoms with Crippen LogP contribution in [-0.2, 0) is 11.2 Å². The predicted molar refractivity (Wildman–Crippen MR) is 100.0 cm³/mol. The van der Waals surface area contributed by atoms with Crippen molar-refractivity contribution >= 4 is 11.8 Å². The van der Waals surface area contributed by atoms with Crippen LogP contribution < -0.4 is 0 Å². The predicted octanol–water partition coefficient (Wildman–Crippen LogP) is 0.988. The van der Waals surface area contributed by atoms with Crippen LogP contribution in [0.25, 0.3) is 0 Å². The lowest BCUT2D eigenvalue weighted by molar-refractivity contribution is -0.142. The third-order valence-electron chi connectivity index (χ3n) is 5.36. The van der Waals surface area contributed by atoms with Crippen molar-refractivity contribution in [2.45, 2.75) is 38.3 Å². The maximum absolute atomic E-state index is 12.9. The molecular formula is C20H29N3O3. The molecule has 1 N–H and O–H groups in total. The average Bonchev–Trinajstić information content (AvgIpc) is 2.62. The van der Waals surface area contributed by atoms with Crippen LogP contribution in [0.5, 0.6) is 0 Å². The Morgan fingerprint density at radius 1 is 1.23 bits per heavy atom. The summed E-state index contributed by atoms with van der Waals surface area (Å²) in [6, 6.07) is 7.40. The van der Waals surface area contributed by atoms with Gasteiger partial charge >= 0.3 is 0 Å². The minimum Gasteiger partial charge on any atom is -0.390 e. The highest BCUT2D eigenvalue weighted by Crippen LogP contribution is 2.19. The maximum Gasteiger partial charge on any atom is 0.253 e. The molecule has 0 aliphatic carbocycles. The fraction of sp³-hybridized carbons (Fsp3) is 0.600. The van der Waals surface area contributed by atoms with E-state index in [2.05, 4.69) is 4.90 Å². The molecule has 6 heteroatoms. The third kappa shape index (κ3) is 4.24. The molecule has 1 unspecified atom stereocenters. The van der Waals surface area contributed by atoms with Gasteiger partial charge in [-0.05, 0) is 44.4 Å². The second kappa shape index (κ2) is 7.37. The number of aliphatic hydroxyl groups is 1. The van der Waals surface area contributed by atoms with Gasteiger partial charge < -0.3 is 14.9 Å². The van der Waals surface area contributed by atoms with E-state index in [1.54, 1.807) is 23.6 Å². The summed E-state index contributed by atoms with van der Waals surface area (Å²) in [7, 11) is 1.83. The molecule has 6 nitrogen and oxygen atoms in total. The van der Waals surface area contributed by atoms with E-state index in [-0.39, 0.29) is 17.9 Å². The summed E-state index contributed by atoms with van der Waals surface area (Å²) in [6.45, 7) is 7.07. The van der Waals surface area contributed by atoms with Crippen molar-refractivity contribution in [1.29, 1.82) is 0 Å². The lowest BCUT2D eigenvalue weighted by Crippen LogP contribution is -2.64. The fourth-order valence-electron chi connectivity index (χ4n) is 3.64. The largest absolute Gasteiger partial charge is 0.390 e. The van der Waals surface area contributed by atoms with E-state index in [0.29, 0.717) is 25.1 Å². The number of hydrogen-bond donors (Lipinski definition) is 1. The van der Waals surface area contributed by atoms with Crippen molar-refractivity contribution in [3.05, 3.63) is 35.4 Å². The van der Waals surface area contributed by atoms with Gasteiger partial charge in [0.1, 0.15) is 6.04 Å². The zero-order valence-electron chi connectivity index (χ0n) is 15.9. The number of carbonyl (C=O) groups is 2. The van der Waals surface area contributed by atoms with Crippen LogP contribution in [0.2, 0.25) is 0 Å². The maximum atomic E-state index is 12.9. The molecule has 142 valence electrons. The van der Waals surface area contributed by atoms with Crippen molar-refractivity contribution in [2.75, 3.05) is 39.8 Å².